The maximum absolute atomic E-state index is 12.6. The zero-order valence-electron chi connectivity index (χ0n) is 23.0. The van der Waals surface area contributed by atoms with Crippen LogP contribution in [0.3, 0.4) is 0 Å². The predicted molar refractivity (Wildman–Crippen MR) is 166 cm³/mol. The number of nitrogens with zero attached hydrogens (tertiary/aromatic N) is 2. The number of amides is 2. The van der Waals surface area contributed by atoms with Gasteiger partial charge in [-0.2, -0.15) is 5.10 Å². The summed E-state index contributed by atoms with van der Waals surface area (Å²) < 4.78 is 31.7. The van der Waals surface area contributed by atoms with E-state index in [0.717, 1.165) is 17.4 Å². The van der Waals surface area contributed by atoms with Crippen molar-refractivity contribution in [1.29, 1.82) is 0 Å². The zero-order valence-corrected chi connectivity index (χ0v) is 24.5. The lowest BCUT2D eigenvalue weighted by atomic mass is 10.2. The summed E-state index contributed by atoms with van der Waals surface area (Å²) in [4.78, 5) is 24.7. The van der Waals surface area contributed by atoms with E-state index in [4.69, 9.17) is 16.3 Å². The van der Waals surface area contributed by atoms with Gasteiger partial charge in [0.05, 0.1) is 24.7 Å². The van der Waals surface area contributed by atoms with Crippen LogP contribution >= 0.6 is 11.6 Å². The highest BCUT2D eigenvalue weighted by molar-refractivity contribution is 7.92. The maximum atomic E-state index is 12.6. The predicted octanol–water partition coefficient (Wildman–Crippen LogP) is 5.40. The van der Waals surface area contributed by atoms with Gasteiger partial charge in [-0.15, -0.1) is 0 Å². The molecule has 11 heteroatoms. The van der Waals surface area contributed by atoms with Crippen LogP contribution in [0.2, 0.25) is 5.02 Å². The molecule has 4 aromatic rings. The molecular weight excluding hydrogens is 576 g/mol. The van der Waals surface area contributed by atoms with Crippen LogP contribution in [0.4, 0.5) is 11.4 Å². The summed E-state index contributed by atoms with van der Waals surface area (Å²) in [5.74, 6) is -0.221. The minimum atomic E-state index is -3.58. The van der Waals surface area contributed by atoms with Crippen molar-refractivity contribution in [2.24, 2.45) is 5.10 Å². The van der Waals surface area contributed by atoms with Crippen LogP contribution in [-0.4, -0.2) is 39.3 Å². The maximum Gasteiger partial charge on any atom is 0.271 e. The molecule has 2 amide bonds. The Hall–Kier alpha value is -4.67. The number of hydrogen-bond donors (Lipinski definition) is 2. The number of benzene rings is 4. The first-order valence-electron chi connectivity index (χ1n) is 12.8. The van der Waals surface area contributed by atoms with Gasteiger partial charge in [0.1, 0.15) is 5.75 Å². The van der Waals surface area contributed by atoms with Gasteiger partial charge in [0, 0.05) is 16.3 Å². The van der Waals surface area contributed by atoms with E-state index >= 15 is 0 Å². The van der Waals surface area contributed by atoms with Crippen LogP contribution in [0.15, 0.2) is 102 Å². The molecule has 0 aliphatic carbocycles. The van der Waals surface area contributed by atoms with E-state index in [2.05, 4.69) is 15.8 Å². The number of nitrogens with one attached hydrogen (secondary N) is 2. The van der Waals surface area contributed by atoms with Gasteiger partial charge in [-0.3, -0.25) is 13.9 Å². The molecule has 0 saturated heterocycles. The van der Waals surface area contributed by atoms with Gasteiger partial charge in [-0.05, 0) is 90.8 Å². The number of halogens is 1. The zero-order chi connectivity index (χ0) is 30.1. The highest BCUT2D eigenvalue weighted by atomic mass is 35.5. The number of rotatable bonds is 11. The monoisotopic (exact) mass is 604 g/mol. The first-order valence-corrected chi connectivity index (χ1v) is 15.0. The lowest BCUT2D eigenvalue weighted by Gasteiger charge is -2.22. The summed E-state index contributed by atoms with van der Waals surface area (Å²) in [5, 5.41) is 7.32. The second kappa shape index (κ2) is 13.8. The number of hydrazone groups is 1. The fraction of sp³-hybridized carbons (Fsp3) is 0.129. The van der Waals surface area contributed by atoms with Crippen molar-refractivity contribution in [2.45, 2.75) is 13.5 Å². The molecule has 4 aromatic carbocycles. The molecule has 0 bridgehead atoms. The minimum absolute atomic E-state index is 0.121. The number of hydrogen-bond acceptors (Lipinski definition) is 6. The minimum Gasteiger partial charge on any atom is -0.484 e. The molecule has 0 heterocycles. The molecule has 0 unspecified atom stereocenters. The van der Waals surface area contributed by atoms with Crippen molar-refractivity contribution in [3.05, 3.63) is 124 Å². The normalized spacial score (nSPS) is 11.2. The number of sulfonamides is 1. The largest absolute Gasteiger partial charge is 0.484 e. The van der Waals surface area contributed by atoms with Gasteiger partial charge in [-0.25, -0.2) is 13.8 Å². The van der Waals surface area contributed by atoms with E-state index < -0.39 is 15.9 Å². The molecule has 0 fully saturated rings. The Morgan fingerprint density at radius 2 is 1.55 bits per heavy atom. The molecule has 0 aromatic heterocycles. The smallest absolute Gasteiger partial charge is 0.271 e. The molecular formula is C31H29ClN4O5S. The Kier molecular flexibility index (Phi) is 9.95. The average Bonchev–Trinajstić information content (AvgIpc) is 2.97. The summed E-state index contributed by atoms with van der Waals surface area (Å²) in [7, 11) is -3.58. The number of carbonyl (C=O) groups excluding carboxylic acids is 2. The third kappa shape index (κ3) is 8.92. The lowest BCUT2D eigenvalue weighted by molar-refractivity contribution is -0.118. The van der Waals surface area contributed by atoms with Gasteiger partial charge in [0.2, 0.25) is 10.0 Å². The molecule has 0 atom stereocenters. The number of anilines is 2. The van der Waals surface area contributed by atoms with E-state index in [-0.39, 0.29) is 19.1 Å². The van der Waals surface area contributed by atoms with E-state index in [9.17, 15) is 18.0 Å². The van der Waals surface area contributed by atoms with Gasteiger partial charge < -0.3 is 10.1 Å². The molecule has 0 aliphatic rings. The summed E-state index contributed by atoms with van der Waals surface area (Å²) in [5.41, 5.74) is 6.45. The number of carbonyl (C=O) groups is 2. The summed E-state index contributed by atoms with van der Waals surface area (Å²) >= 11 is 5.93. The van der Waals surface area contributed by atoms with E-state index in [1.807, 2.05) is 31.2 Å². The Morgan fingerprint density at radius 1 is 0.905 bits per heavy atom. The highest BCUT2D eigenvalue weighted by Gasteiger charge is 2.18. The van der Waals surface area contributed by atoms with Gasteiger partial charge in [0.15, 0.2) is 6.61 Å². The molecule has 0 aliphatic heterocycles. The quantitative estimate of drug-likeness (QED) is 0.176. The standard InChI is InChI=1S/C31H29ClN4O5S/c1-22-3-13-27(14-4-22)34-30(37)21-41-29-17-7-23(8-18-29)19-33-35-31(38)25-9-15-28(16-10-25)36(42(2,39)40)20-24-5-11-26(32)12-6-24/h3-19H,20-21H2,1-2H3,(H,34,37)(H,35,38)/b33-19-. The van der Waals surface area contributed by atoms with E-state index in [0.29, 0.717) is 33.3 Å². The molecule has 216 valence electrons. The van der Waals surface area contributed by atoms with Crippen LogP contribution in [0.1, 0.15) is 27.0 Å². The third-order valence-corrected chi connectivity index (χ3v) is 7.41. The molecule has 4 rings (SSSR count). The van der Waals surface area contributed by atoms with Crippen LogP contribution in [-0.2, 0) is 21.4 Å². The Bertz CT molecular complexity index is 1660. The summed E-state index contributed by atoms with van der Waals surface area (Å²) in [6.45, 7) is 1.95. The van der Waals surface area contributed by atoms with Crippen LogP contribution in [0.25, 0.3) is 0 Å². The first-order chi connectivity index (χ1) is 20.1. The molecule has 0 spiro atoms. The molecule has 42 heavy (non-hydrogen) atoms. The molecule has 0 radical (unpaired) electrons. The summed E-state index contributed by atoms with van der Waals surface area (Å²) in [6, 6.07) is 27.4. The van der Waals surface area contributed by atoms with Crippen molar-refractivity contribution < 1.29 is 22.7 Å². The molecule has 0 saturated carbocycles. The first kappa shape index (κ1) is 30.3. The second-order valence-electron chi connectivity index (χ2n) is 9.41. The van der Waals surface area contributed by atoms with Crippen molar-refractivity contribution in [3.63, 3.8) is 0 Å². The van der Waals surface area contributed by atoms with Crippen molar-refractivity contribution in [1.82, 2.24) is 5.43 Å². The Morgan fingerprint density at radius 3 is 2.17 bits per heavy atom. The fourth-order valence-electron chi connectivity index (χ4n) is 3.80. The van der Waals surface area contributed by atoms with Crippen LogP contribution in [0.5, 0.6) is 5.75 Å². The number of aryl methyl sites for hydroxylation is 1. The summed E-state index contributed by atoms with van der Waals surface area (Å²) in [6.07, 6.45) is 2.60. The van der Waals surface area contributed by atoms with Gasteiger partial charge >= 0.3 is 0 Å². The number of ether oxygens (including phenoxy) is 1. The van der Waals surface area contributed by atoms with Crippen molar-refractivity contribution in [2.75, 3.05) is 22.5 Å². The average molecular weight is 605 g/mol. The Balaban J connectivity index is 1.28. The van der Waals surface area contributed by atoms with E-state index in [1.165, 1.54) is 22.7 Å². The van der Waals surface area contributed by atoms with Crippen molar-refractivity contribution >= 4 is 51.0 Å². The highest BCUT2D eigenvalue weighted by Crippen LogP contribution is 2.22. The van der Waals surface area contributed by atoms with Crippen molar-refractivity contribution in [3.8, 4) is 5.75 Å². The van der Waals surface area contributed by atoms with Gasteiger partial charge in [0.25, 0.3) is 11.8 Å². The van der Waals surface area contributed by atoms with Crippen LogP contribution in [0, 0.1) is 6.92 Å². The SMILES string of the molecule is Cc1ccc(NC(=O)COc2ccc(/C=N\NC(=O)c3ccc(N(Cc4ccc(Cl)cc4)S(C)(=O)=O)cc3)cc2)cc1. The second-order valence-corrected chi connectivity index (χ2v) is 11.8. The van der Waals surface area contributed by atoms with Crippen LogP contribution < -0.4 is 19.8 Å². The molecule has 9 nitrogen and oxygen atoms in total. The third-order valence-electron chi connectivity index (χ3n) is 6.02. The van der Waals surface area contributed by atoms with E-state index in [1.54, 1.807) is 60.7 Å². The Labute approximate surface area is 249 Å². The topological polar surface area (TPSA) is 117 Å². The van der Waals surface area contributed by atoms with Gasteiger partial charge in [-0.1, -0.05) is 41.4 Å². The molecule has 2 N–H and O–H groups in total. The fourth-order valence-corrected chi connectivity index (χ4v) is 4.81. The lowest BCUT2D eigenvalue weighted by Crippen LogP contribution is -2.29.